The third-order valence-electron chi connectivity index (χ3n) is 4.33. The van der Waals surface area contributed by atoms with Gasteiger partial charge in [0.05, 0.1) is 18.1 Å². The van der Waals surface area contributed by atoms with Crippen molar-refractivity contribution >= 4 is 33.2 Å². The zero-order valence-electron chi connectivity index (χ0n) is 13.2. The molecule has 2 aliphatic heterocycles. The second-order valence-electron chi connectivity index (χ2n) is 6.17. The molecule has 7 nitrogen and oxygen atoms in total. The minimum atomic E-state index is -2.89. The number of carbonyl (C=O) groups is 2. The summed E-state index contributed by atoms with van der Waals surface area (Å²) in [6.07, 6.45) is 1.18. The highest BCUT2D eigenvalue weighted by atomic mass is 32.2. The van der Waals surface area contributed by atoms with Crippen molar-refractivity contribution < 1.29 is 22.7 Å². The number of nitrogens with zero attached hydrogens (tertiary/aromatic N) is 1. The van der Waals surface area contributed by atoms with Crippen LogP contribution in [0, 0.1) is 5.92 Å². The van der Waals surface area contributed by atoms with Crippen molar-refractivity contribution in [3.05, 3.63) is 24.3 Å². The summed E-state index contributed by atoms with van der Waals surface area (Å²) in [5, 5.41) is 2.79. The van der Waals surface area contributed by atoms with Crippen molar-refractivity contribution in [2.45, 2.75) is 19.3 Å². The van der Waals surface area contributed by atoms with E-state index in [1.54, 1.807) is 24.3 Å². The standard InChI is InChI=1S/C16H20N2O5S/c19-15(6-1-12-7-10-24(21,22)11-12)17-13-2-4-14(5-3-13)18-8-9-23-16(18)20/h2-5,12H,1,6-11H2,(H,17,19). The average molecular weight is 352 g/mol. The van der Waals surface area contributed by atoms with E-state index >= 15 is 0 Å². The predicted octanol–water partition coefficient (Wildman–Crippen LogP) is 1.80. The fourth-order valence-corrected chi connectivity index (χ4v) is 4.92. The van der Waals surface area contributed by atoms with Crippen LogP contribution in [-0.2, 0) is 19.4 Å². The third-order valence-corrected chi connectivity index (χ3v) is 6.17. The van der Waals surface area contributed by atoms with Crippen molar-refractivity contribution in [2.75, 3.05) is 34.9 Å². The zero-order chi connectivity index (χ0) is 17.2. The van der Waals surface area contributed by atoms with Crippen molar-refractivity contribution in [3.8, 4) is 0 Å². The lowest BCUT2D eigenvalue weighted by Crippen LogP contribution is -2.23. The fraction of sp³-hybridized carbons (Fsp3) is 0.500. The molecule has 2 fully saturated rings. The van der Waals surface area contributed by atoms with Crippen LogP contribution in [0.1, 0.15) is 19.3 Å². The molecule has 2 heterocycles. The number of hydrogen-bond donors (Lipinski definition) is 1. The molecule has 1 N–H and O–H groups in total. The van der Waals surface area contributed by atoms with Gasteiger partial charge in [-0.2, -0.15) is 0 Å². The van der Waals surface area contributed by atoms with E-state index in [2.05, 4.69) is 5.32 Å². The van der Waals surface area contributed by atoms with Crippen LogP contribution in [0.25, 0.3) is 0 Å². The average Bonchev–Trinajstić information content (AvgIpc) is 3.11. The maximum Gasteiger partial charge on any atom is 0.414 e. The smallest absolute Gasteiger partial charge is 0.414 e. The number of hydrogen-bond acceptors (Lipinski definition) is 5. The number of nitrogens with one attached hydrogen (secondary N) is 1. The van der Waals surface area contributed by atoms with Crippen molar-refractivity contribution in [3.63, 3.8) is 0 Å². The summed E-state index contributed by atoms with van der Waals surface area (Å²) in [5.41, 5.74) is 1.38. The number of ether oxygens (including phenoxy) is 1. The molecule has 1 unspecified atom stereocenters. The van der Waals surface area contributed by atoms with E-state index in [0.29, 0.717) is 38.1 Å². The normalized spacial score (nSPS) is 22.4. The Labute approximate surface area is 140 Å². The number of cyclic esters (lactones) is 1. The van der Waals surface area contributed by atoms with Crippen molar-refractivity contribution in [1.29, 1.82) is 0 Å². The van der Waals surface area contributed by atoms with Crippen LogP contribution in [0.5, 0.6) is 0 Å². The van der Waals surface area contributed by atoms with E-state index in [1.165, 1.54) is 4.90 Å². The van der Waals surface area contributed by atoms with E-state index in [9.17, 15) is 18.0 Å². The van der Waals surface area contributed by atoms with Crippen molar-refractivity contribution in [2.24, 2.45) is 5.92 Å². The van der Waals surface area contributed by atoms with Gasteiger partial charge in [-0.15, -0.1) is 0 Å². The van der Waals surface area contributed by atoms with Gasteiger partial charge in [0.15, 0.2) is 9.84 Å². The minimum Gasteiger partial charge on any atom is -0.447 e. The molecule has 0 aliphatic carbocycles. The van der Waals surface area contributed by atoms with E-state index in [-0.39, 0.29) is 29.4 Å². The Balaban J connectivity index is 1.49. The third kappa shape index (κ3) is 4.05. The number of benzene rings is 1. The van der Waals surface area contributed by atoms with Crippen molar-refractivity contribution in [1.82, 2.24) is 0 Å². The quantitative estimate of drug-likeness (QED) is 0.872. The van der Waals surface area contributed by atoms with Gasteiger partial charge in [0.25, 0.3) is 0 Å². The summed E-state index contributed by atoms with van der Waals surface area (Å²) < 4.78 is 27.7. The van der Waals surface area contributed by atoms with Gasteiger partial charge in [0, 0.05) is 17.8 Å². The van der Waals surface area contributed by atoms with Gasteiger partial charge in [-0.1, -0.05) is 0 Å². The molecule has 0 spiro atoms. The van der Waals surface area contributed by atoms with E-state index in [4.69, 9.17) is 4.74 Å². The maximum absolute atomic E-state index is 12.0. The van der Waals surface area contributed by atoms with Gasteiger partial charge in [-0.25, -0.2) is 13.2 Å². The molecule has 8 heteroatoms. The minimum absolute atomic E-state index is 0.0873. The molecule has 0 saturated carbocycles. The molecule has 1 aromatic carbocycles. The summed E-state index contributed by atoms with van der Waals surface area (Å²) in [7, 11) is -2.89. The summed E-state index contributed by atoms with van der Waals surface area (Å²) in [4.78, 5) is 25.0. The molecule has 0 bridgehead atoms. The van der Waals surface area contributed by atoms with Gasteiger partial charge < -0.3 is 10.1 Å². The van der Waals surface area contributed by atoms with Gasteiger partial charge in [-0.05, 0) is 43.0 Å². The lowest BCUT2D eigenvalue weighted by molar-refractivity contribution is -0.116. The van der Waals surface area contributed by atoms with E-state index in [1.807, 2.05) is 0 Å². The Bertz CT molecular complexity index is 729. The number of anilines is 2. The van der Waals surface area contributed by atoms with E-state index in [0.717, 1.165) is 5.69 Å². The first-order valence-electron chi connectivity index (χ1n) is 7.97. The molecule has 0 radical (unpaired) electrons. The highest BCUT2D eigenvalue weighted by molar-refractivity contribution is 7.91. The van der Waals surface area contributed by atoms with Gasteiger partial charge in [-0.3, -0.25) is 9.69 Å². The Morgan fingerprint density at radius 2 is 2.04 bits per heavy atom. The second-order valence-corrected chi connectivity index (χ2v) is 8.40. The van der Waals surface area contributed by atoms with Crippen LogP contribution in [0.2, 0.25) is 0 Å². The molecule has 2 amide bonds. The number of sulfone groups is 1. The molecule has 2 saturated heterocycles. The lowest BCUT2D eigenvalue weighted by Gasteiger charge is -2.13. The molecule has 2 aliphatic rings. The highest BCUT2D eigenvalue weighted by Gasteiger charge is 2.28. The van der Waals surface area contributed by atoms with Gasteiger partial charge in [0.2, 0.25) is 5.91 Å². The molecule has 1 aromatic rings. The Morgan fingerprint density at radius 3 is 2.62 bits per heavy atom. The maximum atomic E-state index is 12.0. The monoisotopic (exact) mass is 352 g/mol. The zero-order valence-corrected chi connectivity index (χ0v) is 14.0. The SMILES string of the molecule is O=C(CCC1CCS(=O)(=O)C1)Nc1ccc(N2CCOC2=O)cc1. The lowest BCUT2D eigenvalue weighted by atomic mass is 10.0. The highest BCUT2D eigenvalue weighted by Crippen LogP contribution is 2.24. The molecule has 0 aromatic heterocycles. The largest absolute Gasteiger partial charge is 0.447 e. The molecular weight excluding hydrogens is 332 g/mol. The first-order valence-corrected chi connectivity index (χ1v) is 9.80. The molecule has 130 valence electrons. The Hall–Kier alpha value is -2.09. The molecule has 1 atom stereocenters. The number of amides is 2. The van der Waals surface area contributed by atoms with Gasteiger partial charge >= 0.3 is 6.09 Å². The summed E-state index contributed by atoms with van der Waals surface area (Å²) >= 11 is 0. The first-order chi connectivity index (χ1) is 11.4. The van der Waals surface area contributed by atoms with Crippen LogP contribution in [0.4, 0.5) is 16.2 Å². The Morgan fingerprint density at radius 1 is 1.29 bits per heavy atom. The van der Waals surface area contributed by atoms with Crippen LogP contribution in [-0.4, -0.2) is 45.1 Å². The Kier molecular flexibility index (Phi) is 4.75. The summed E-state index contributed by atoms with van der Waals surface area (Å²) in [6.45, 7) is 0.906. The number of rotatable bonds is 5. The second kappa shape index (κ2) is 6.80. The molecule has 3 rings (SSSR count). The first kappa shape index (κ1) is 16.8. The predicted molar refractivity (Wildman–Crippen MR) is 89.8 cm³/mol. The van der Waals surface area contributed by atoms with Gasteiger partial charge in [0.1, 0.15) is 6.61 Å². The van der Waals surface area contributed by atoms with E-state index < -0.39 is 9.84 Å². The molecular formula is C16H20N2O5S. The topological polar surface area (TPSA) is 92.8 Å². The van der Waals surface area contributed by atoms with Crippen LogP contribution < -0.4 is 10.2 Å². The van der Waals surface area contributed by atoms with Crippen LogP contribution >= 0.6 is 0 Å². The van der Waals surface area contributed by atoms with Crippen LogP contribution in [0.3, 0.4) is 0 Å². The summed E-state index contributed by atoms with van der Waals surface area (Å²) in [5.74, 6) is 0.387. The fourth-order valence-electron chi connectivity index (χ4n) is 3.01. The molecule has 24 heavy (non-hydrogen) atoms. The van der Waals surface area contributed by atoms with Crippen LogP contribution in [0.15, 0.2) is 24.3 Å². The number of carbonyl (C=O) groups excluding carboxylic acids is 2. The summed E-state index contributed by atoms with van der Waals surface area (Å²) in [6, 6.07) is 6.98.